The second-order valence-electron chi connectivity index (χ2n) is 6.37. The molecule has 0 radical (unpaired) electrons. The Bertz CT molecular complexity index is 1230. The summed E-state index contributed by atoms with van der Waals surface area (Å²) < 4.78 is 1.59. The number of fused-ring (bicyclic) bond motifs is 1. The highest BCUT2D eigenvalue weighted by molar-refractivity contribution is 7.99. The molecular weight excluding hydrogens is 424 g/mol. The van der Waals surface area contributed by atoms with Crippen LogP contribution in [0.1, 0.15) is 22.2 Å². The molecule has 0 aliphatic heterocycles. The molecule has 0 saturated heterocycles. The van der Waals surface area contributed by atoms with Crippen molar-refractivity contribution >= 4 is 50.7 Å². The van der Waals surface area contributed by atoms with E-state index >= 15 is 0 Å². The van der Waals surface area contributed by atoms with E-state index in [9.17, 15) is 9.59 Å². The molecule has 146 valence electrons. The van der Waals surface area contributed by atoms with Crippen molar-refractivity contribution in [2.75, 3.05) is 5.75 Å². The van der Waals surface area contributed by atoms with Crippen LogP contribution in [0, 0.1) is 0 Å². The normalized spacial score (nSPS) is 11.1. The minimum Gasteiger partial charge on any atom is -0.293 e. The van der Waals surface area contributed by atoms with Crippen molar-refractivity contribution in [1.29, 1.82) is 0 Å². The smallest absolute Gasteiger partial charge is 0.267 e. The molecule has 0 atom stereocenters. The predicted octanol–water partition coefficient (Wildman–Crippen LogP) is 5.64. The number of aromatic nitrogens is 2. The molecule has 4 rings (SSSR count). The highest BCUT2D eigenvalue weighted by atomic mass is 35.5. The number of ketones is 1. The van der Waals surface area contributed by atoms with E-state index in [1.807, 2.05) is 36.4 Å². The van der Waals surface area contributed by atoms with Gasteiger partial charge in [-0.15, -0.1) is 11.3 Å². The summed E-state index contributed by atoms with van der Waals surface area (Å²) in [4.78, 5) is 32.4. The predicted molar refractivity (Wildman–Crippen MR) is 121 cm³/mol. The molecule has 7 heteroatoms. The second-order valence-corrected chi connectivity index (χ2v) is 8.87. The van der Waals surface area contributed by atoms with Crippen LogP contribution in [0.25, 0.3) is 15.9 Å². The standard InChI is InChI=1S/C22H17ClN2O2S2/c1-2-17-12-18-20(29-17)24-22(25(21(18)27)16-6-4-3-5-7-16)28-13-19(26)14-8-10-15(23)11-9-14/h3-12H,2,13H2,1H3. The Balaban J connectivity index is 1.74. The fourth-order valence-corrected chi connectivity index (χ4v) is 4.98. The number of hydrogen-bond acceptors (Lipinski definition) is 5. The Morgan fingerprint density at radius 3 is 2.55 bits per heavy atom. The summed E-state index contributed by atoms with van der Waals surface area (Å²) in [6, 6.07) is 18.1. The van der Waals surface area contributed by atoms with Crippen LogP contribution in [0.2, 0.25) is 5.02 Å². The van der Waals surface area contributed by atoms with Crippen molar-refractivity contribution in [3.05, 3.63) is 86.5 Å². The van der Waals surface area contributed by atoms with Gasteiger partial charge in [-0.1, -0.05) is 48.5 Å². The van der Waals surface area contributed by atoms with Gasteiger partial charge >= 0.3 is 0 Å². The molecule has 2 aromatic heterocycles. The molecule has 0 amide bonds. The topological polar surface area (TPSA) is 52.0 Å². The number of rotatable bonds is 6. The van der Waals surface area contributed by atoms with Gasteiger partial charge in [0, 0.05) is 15.5 Å². The van der Waals surface area contributed by atoms with Gasteiger partial charge < -0.3 is 0 Å². The van der Waals surface area contributed by atoms with Crippen LogP contribution in [-0.4, -0.2) is 21.1 Å². The molecule has 0 unspecified atom stereocenters. The van der Waals surface area contributed by atoms with Gasteiger partial charge in [0.1, 0.15) is 4.83 Å². The molecule has 2 heterocycles. The van der Waals surface area contributed by atoms with Crippen LogP contribution in [0.3, 0.4) is 0 Å². The van der Waals surface area contributed by atoms with Crippen molar-refractivity contribution in [3.8, 4) is 5.69 Å². The van der Waals surface area contributed by atoms with Gasteiger partial charge in [-0.25, -0.2) is 4.98 Å². The summed E-state index contributed by atoms with van der Waals surface area (Å²) in [5, 5.41) is 1.72. The lowest BCUT2D eigenvalue weighted by Gasteiger charge is -2.11. The highest BCUT2D eigenvalue weighted by Crippen LogP contribution is 2.27. The fourth-order valence-electron chi connectivity index (χ4n) is 2.94. The number of halogens is 1. The van der Waals surface area contributed by atoms with Gasteiger partial charge in [-0.2, -0.15) is 0 Å². The van der Waals surface area contributed by atoms with E-state index in [-0.39, 0.29) is 17.1 Å². The molecule has 4 nitrogen and oxygen atoms in total. The number of aryl methyl sites for hydroxylation is 1. The van der Waals surface area contributed by atoms with Crippen LogP contribution in [0.15, 0.2) is 70.6 Å². The van der Waals surface area contributed by atoms with Crippen molar-refractivity contribution in [1.82, 2.24) is 9.55 Å². The zero-order valence-corrected chi connectivity index (χ0v) is 18.0. The zero-order chi connectivity index (χ0) is 20.4. The summed E-state index contributed by atoms with van der Waals surface area (Å²) in [6.45, 7) is 2.06. The van der Waals surface area contributed by atoms with Crippen LogP contribution in [0.5, 0.6) is 0 Å². The van der Waals surface area contributed by atoms with Crippen LogP contribution < -0.4 is 5.56 Å². The Morgan fingerprint density at radius 2 is 1.86 bits per heavy atom. The lowest BCUT2D eigenvalue weighted by atomic mass is 10.1. The van der Waals surface area contributed by atoms with E-state index in [0.29, 0.717) is 26.0 Å². The third-order valence-electron chi connectivity index (χ3n) is 4.45. The molecule has 0 fully saturated rings. The van der Waals surface area contributed by atoms with Crippen molar-refractivity contribution in [2.24, 2.45) is 0 Å². The Hall–Kier alpha value is -2.41. The lowest BCUT2D eigenvalue weighted by molar-refractivity contribution is 0.102. The van der Waals surface area contributed by atoms with Gasteiger partial charge in [0.15, 0.2) is 10.9 Å². The lowest BCUT2D eigenvalue weighted by Crippen LogP contribution is -2.21. The number of thiophene rings is 1. The quantitative estimate of drug-likeness (QED) is 0.221. The molecule has 0 N–H and O–H groups in total. The molecule has 4 aromatic rings. The minimum absolute atomic E-state index is 0.0407. The highest BCUT2D eigenvalue weighted by Gasteiger charge is 2.17. The number of carbonyl (C=O) groups excluding carboxylic acids is 1. The average Bonchev–Trinajstić information content (AvgIpc) is 3.17. The Morgan fingerprint density at radius 1 is 1.14 bits per heavy atom. The van der Waals surface area contributed by atoms with E-state index in [1.54, 1.807) is 28.8 Å². The van der Waals surface area contributed by atoms with Gasteiger partial charge in [-0.3, -0.25) is 14.2 Å². The third-order valence-corrected chi connectivity index (χ3v) is 6.81. The number of benzene rings is 2. The number of hydrogen-bond donors (Lipinski definition) is 0. The molecule has 0 spiro atoms. The molecule has 0 bridgehead atoms. The fraction of sp³-hybridized carbons (Fsp3) is 0.136. The molecule has 2 aromatic carbocycles. The first-order chi connectivity index (χ1) is 14.1. The third kappa shape index (κ3) is 4.15. The number of carbonyl (C=O) groups is 1. The first kappa shape index (κ1) is 19.9. The SMILES string of the molecule is CCc1cc2c(=O)n(-c3ccccc3)c(SCC(=O)c3ccc(Cl)cc3)nc2s1. The van der Waals surface area contributed by atoms with Gasteiger partial charge in [-0.05, 0) is 48.9 Å². The van der Waals surface area contributed by atoms with Crippen molar-refractivity contribution in [3.63, 3.8) is 0 Å². The first-order valence-electron chi connectivity index (χ1n) is 9.09. The molecule has 0 aliphatic rings. The maximum absolute atomic E-state index is 13.2. The van der Waals surface area contributed by atoms with E-state index in [1.165, 1.54) is 23.1 Å². The number of nitrogens with zero attached hydrogens (tertiary/aromatic N) is 2. The molecule has 0 saturated carbocycles. The zero-order valence-electron chi connectivity index (χ0n) is 15.6. The molecular formula is C22H17ClN2O2S2. The summed E-state index contributed by atoms with van der Waals surface area (Å²) >= 11 is 8.70. The summed E-state index contributed by atoms with van der Waals surface area (Å²) in [7, 11) is 0. The number of para-hydroxylation sites is 1. The Kier molecular flexibility index (Phi) is 5.85. The summed E-state index contributed by atoms with van der Waals surface area (Å²) in [6.07, 6.45) is 0.851. The number of thioether (sulfide) groups is 1. The summed E-state index contributed by atoms with van der Waals surface area (Å²) in [5.74, 6) is 0.138. The second kappa shape index (κ2) is 8.53. The van der Waals surface area contributed by atoms with E-state index < -0.39 is 0 Å². The molecule has 0 aliphatic carbocycles. The Labute approximate surface area is 181 Å². The van der Waals surface area contributed by atoms with E-state index in [4.69, 9.17) is 16.6 Å². The average molecular weight is 441 g/mol. The van der Waals surface area contributed by atoms with Crippen LogP contribution in [-0.2, 0) is 6.42 Å². The largest absolute Gasteiger partial charge is 0.293 e. The minimum atomic E-state index is -0.112. The van der Waals surface area contributed by atoms with Crippen LogP contribution in [0.4, 0.5) is 0 Å². The first-order valence-corrected chi connectivity index (χ1v) is 11.3. The van der Waals surface area contributed by atoms with Crippen molar-refractivity contribution in [2.45, 2.75) is 18.5 Å². The van der Waals surface area contributed by atoms with Gasteiger partial charge in [0.25, 0.3) is 5.56 Å². The maximum atomic E-state index is 13.2. The maximum Gasteiger partial charge on any atom is 0.267 e. The van der Waals surface area contributed by atoms with Gasteiger partial charge in [0.2, 0.25) is 0 Å². The van der Waals surface area contributed by atoms with E-state index in [0.717, 1.165) is 17.0 Å². The van der Waals surface area contributed by atoms with Gasteiger partial charge in [0.05, 0.1) is 16.8 Å². The van der Waals surface area contributed by atoms with E-state index in [2.05, 4.69) is 6.92 Å². The van der Waals surface area contributed by atoms with Crippen molar-refractivity contribution < 1.29 is 4.79 Å². The van der Waals surface area contributed by atoms with Crippen LogP contribution >= 0.6 is 34.7 Å². The molecule has 29 heavy (non-hydrogen) atoms. The summed E-state index contributed by atoms with van der Waals surface area (Å²) in [5.41, 5.74) is 1.21. The monoisotopic (exact) mass is 440 g/mol. The number of Topliss-reactive ketones (excluding diaryl/α,β-unsaturated/α-hetero) is 1.